The number of rotatable bonds is 3. The highest BCUT2D eigenvalue weighted by molar-refractivity contribution is 6.17. The number of amides is 2. The fraction of sp³-hybridized carbons (Fsp3) is 0.556. The minimum Gasteiger partial charge on any atom is -0.501 e. The van der Waals surface area contributed by atoms with Crippen molar-refractivity contribution in [3.8, 4) is 0 Å². The molecule has 0 unspecified atom stereocenters. The smallest absolute Gasteiger partial charge is 0.295 e. The van der Waals surface area contributed by atoms with Crippen LogP contribution in [0, 0.1) is 5.92 Å². The summed E-state index contributed by atoms with van der Waals surface area (Å²) in [5, 5.41) is 11.3. The summed E-state index contributed by atoms with van der Waals surface area (Å²) in [5.41, 5.74) is 0.0590. The van der Waals surface area contributed by atoms with Crippen molar-refractivity contribution in [1.29, 1.82) is 0 Å². The van der Waals surface area contributed by atoms with Gasteiger partial charge in [0.2, 0.25) is 5.76 Å². The van der Waals surface area contributed by atoms with E-state index < -0.39 is 17.6 Å². The largest absolute Gasteiger partial charge is 0.501 e. The number of imide groups is 1. The van der Waals surface area contributed by atoms with Crippen LogP contribution in [0.5, 0.6) is 0 Å². The number of hydrogen-bond donors (Lipinski definition) is 2. The minimum absolute atomic E-state index is 0.0590. The number of hydrogen-bond acceptors (Lipinski definition) is 4. The zero-order valence-electron chi connectivity index (χ0n) is 8.50. The molecule has 1 aliphatic rings. The third kappa shape index (κ3) is 1.86. The van der Waals surface area contributed by atoms with E-state index in [2.05, 4.69) is 0 Å². The lowest BCUT2D eigenvalue weighted by Crippen LogP contribution is -2.30. The van der Waals surface area contributed by atoms with E-state index in [1.807, 2.05) is 19.2 Å². The molecule has 0 aliphatic carbocycles. The second-order valence-electron chi connectivity index (χ2n) is 3.75. The molecule has 0 bridgehead atoms. The maximum absolute atomic E-state index is 11.2. The Bertz CT molecular complexity index is 307. The number of carbonyl (C=O) groups is 2. The maximum atomic E-state index is 11.2. The van der Waals surface area contributed by atoms with Crippen LogP contribution in [-0.2, 0) is 9.59 Å². The third-order valence-corrected chi connectivity index (χ3v) is 1.90. The third-order valence-electron chi connectivity index (χ3n) is 1.90. The van der Waals surface area contributed by atoms with Gasteiger partial charge in [-0.25, -0.2) is 0 Å². The molecule has 5 heteroatoms. The van der Waals surface area contributed by atoms with Gasteiger partial charge in [-0.15, -0.1) is 0 Å². The van der Waals surface area contributed by atoms with Crippen LogP contribution >= 0.6 is 0 Å². The van der Waals surface area contributed by atoms with Gasteiger partial charge >= 0.3 is 0 Å². The summed E-state index contributed by atoms with van der Waals surface area (Å²) in [5.74, 6) is -1.39. The Morgan fingerprint density at radius 3 is 2.29 bits per heavy atom. The number of nitrogens with zero attached hydrogens (tertiary/aromatic N) is 1. The van der Waals surface area contributed by atoms with Crippen molar-refractivity contribution in [1.82, 2.24) is 10.2 Å². The minimum atomic E-state index is -0.722. The molecule has 0 radical (unpaired) electrons. The van der Waals surface area contributed by atoms with Gasteiger partial charge in [0.25, 0.3) is 11.8 Å². The summed E-state index contributed by atoms with van der Waals surface area (Å²) in [6.45, 7) is 4.59. The molecule has 1 heterocycles. The molecule has 14 heavy (non-hydrogen) atoms. The molecule has 0 aromatic heterocycles. The summed E-state index contributed by atoms with van der Waals surface area (Å²) >= 11 is 0. The average Bonchev–Trinajstić information content (AvgIpc) is 2.25. The van der Waals surface area contributed by atoms with E-state index in [9.17, 15) is 14.7 Å². The molecular weight excluding hydrogens is 184 g/mol. The van der Waals surface area contributed by atoms with E-state index in [1.165, 1.54) is 0 Å². The van der Waals surface area contributed by atoms with Crippen molar-refractivity contribution < 1.29 is 14.7 Å². The van der Waals surface area contributed by atoms with E-state index >= 15 is 0 Å². The van der Waals surface area contributed by atoms with Crippen LogP contribution < -0.4 is 5.32 Å². The molecule has 0 atom stereocenters. The Kier molecular flexibility index (Phi) is 2.78. The predicted molar refractivity (Wildman–Crippen MR) is 50.3 cm³/mol. The molecule has 0 fully saturated rings. The Morgan fingerprint density at radius 1 is 1.36 bits per heavy atom. The normalized spacial score (nSPS) is 16.6. The zero-order valence-corrected chi connectivity index (χ0v) is 8.50. The van der Waals surface area contributed by atoms with Crippen LogP contribution in [0.3, 0.4) is 0 Å². The number of nitrogens with one attached hydrogen (secondary N) is 1. The van der Waals surface area contributed by atoms with E-state index in [0.29, 0.717) is 12.5 Å². The second kappa shape index (κ2) is 3.69. The van der Waals surface area contributed by atoms with Gasteiger partial charge in [0.15, 0.2) is 5.70 Å². The van der Waals surface area contributed by atoms with E-state index in [4.69, 9.17) is 0 Å². The van der Waals surface area contributed by atoms with Crippen molar-refractivity contribution in [3.63, 3.8) is 0 Å². The average molecular weight is 198 g/mol. The molecule has 0 saturated carbocycles. The van der Waals surface area contributed by atoms with E-state index in [-0.39, 0.29) is 5.70 Å². The molecule has 1 rings (SSSR count). The Hall–Kier alpha value is -1.52. The highest BCUT2D eigenvalue weighted by Crippen LogP contribution is 2.14. The highest BCUT2D eigenvalue weighted by atomic mass is 16.3. The molecule has 0 aromatic carbocycles. The number of carbonyl (C=O) groups excluding carboxylic acids is 2. The monoisotopic (exact) mass is 198 g/mol. The second-order valence-corrected chi connectivity index (χ2v) is 3.75. The Morgan fingerprint density at radius 2 is 1.93 bits per heavy atom. The van der Waals surface area contributed by atoms with Gasteiger partial charge in [-0.05, 0) is 5.92 Å². The molecule has 0 saturated heterocycles. The number of aliphatic hydroxyl groups excluding tert-OH is 1. The van der Waals surface area contributed by atoms with Crippen LogP contribution in [0.4, 0.5) is 0 Å². The molecule has 2 amide bonds. The lowest BCUT2D eigenvalue weighted by atomic mass is 10.2. The summed E-state index contributed by atoms with van der Waals surface area (Å²) < 4.78 is 0. The van der Waals surface area contributed by atoms with E-state index in [1.54, 1.807) is 11.9 Å². The van der Waals surface area contributed by atoms with Crippen molar-refractivity contribution in [2.45, 2.75) is 13.8 Å². The van der Waals surface area contributed by atoms with Crippen molar-refractivity contribution >= 4 is 11.8 Å². The lowest BCUT2D eigenvalue weighted by Gasteiger charge is -2.20. The van der Waals surface area contributed by atoms with Crippen LogP contribution in [0.25, 0.3) is 0 Å². The molecule has 0 spiro atoms. The van der Waals surface area contributed by atoms with Crippen LogP contribution in [0.2, 0.25) is 0 Å². The fourth-order valence-electron chi connectivity index (χ4n) is 1.43. The fourth-order valence-corrected chi connectivity index (χ4v) is 1.43. The van der Waals surface area contributed by atoms with Crippen LogP contribution in [-0.4, -0.2) is 35.4 Å². The first-order chi connectivity index (χ1) is 6.43. The van der Waals surface area contributed by atoms with Crippen molar-refractivity contribution in [2.24, 2.45) is 5.92 Å². The Labute approximate surface area is 82.4 Å². The first kappa shape index (κ1) is 10.6. The molecule has 1 aliphatic heterocycles. The number of aliphatic hydroxyl groups is 1. The predicted octanol–water partition coefficient (Wildman–Crippen LogP) is 0.000200. The molecular formula is C9H14N2O3. The van der Waals surface area contributed by atoms with Crippen LogP contribution in [0.15, 0.2) is 11.5 Å². The van der Waals surface area contributed by atoms with Gasteiger partial charge in [0.1, 0.15) is 0 Å². The first-order valence-electron chi connectivity index (χ1n) is 4.43. The van der Waals surface area contributed by atoms with Gasteiger partial charge < -0.3 is 10.0 Å². The molecule has 5 nitrogen and oxygen atoms in total. The highest BCUT2D eigenvalue weighted by Gasteiger charge is 2.32. The summed E-state index contributed by atoms with van der Waals surface area (Å²) in [6.07, 6.45) is 0. The van der Waals surface area contributed by atoms with Gasteiger partial charge in [-0.3, -0.25) is 14.9 Å². The SMILES string of the molecule is CC(C)CN(C)C1=C(O)C(=O)NC1=O. The summed E-state index contributed by atoms with van der Waals surface area (Å²) in [6, 6.07) is 0. The summed E-state index contributed by atoms with van der Waals surface area (Å²) in [7, 11) is 1.67. The summed E-state index contributed by atoms with van der Waals surface area (Å²) in [4.78, 5) is 23.7. The van der Waals surface area contributed by atoms with Gasteiger partial charge in [-0.1, -0.05) is 13.8 Å². The topological polar surface area (TPSA) is 69.6 Å². The Balaban J connectivity index is 2.85. The van der Waals surface area contributed by atoms with Crippen LogP contribution in [0.1, 0.15) is 13.8 Å². The molecule has 78 valence electrons. The lowest BCUT2D eigenvalue weighted by molar-refractivity contribution is -0.125. The quantitative estimate of drug-likeness (QED) is 0.626. The van der Waals surface area contributed by atoms with E-state index in [0.717, 1.165) is 0 Å². The number of likely N-dealkylation sites (N-methyl/N-ethyl adjacent to an activating group) is 1. The first-order valence-corrected chi connectivity index (χ1v) is 4.43. The van der Waals surface area contributed by atoms with Crippen molar-refractivity contribution in [3.05, 3.63) is 11.5 Å². The van der Waals surface area contributed by atoms with Gasteiger partial charge in [-0.2, -0.15) is 0 Å². The zero-order chi connectivity index (χ0) is 10.9. The van der Waals surface area contributed by atoms with Gasteiger partial charge in [0.05, 0.1) is 0 Å². The molecule has 2 N–H and O–H groups in total. The standard InChI is InChI=1S/C9H14N2O3/c1-5(2)4-11(3)6-7(12)9(14)10-8(6)13/h5H,4H2,1-3H3,(H2,10,12,13,14). The van der Waals surface area contributed by atoms with Gasteiger partial charge in [0, 0.05) is 13.6 Å². The van der Waals surface area contributed by atoms with Crippen molar-refractivity contribution in [2.75, 3.05) is 13.6 Å². The maximum Gasteiger partial charge on any atom is 0.295 e. The molecule has 0 aromatic rings.